The van der Waals surface area contributed by atoms with Gasteiger partial charge in [0, 0.05) is 0 Å². The van der Waals surface area contributed by atoms with Crippen molar-refractivity contribution >= 4 is 5.43 Å². The van der Waals surface area contributed by atoms with E-state index in [0.717, 1.165) is 5.92 Å². The van der Waals surface area contributed by atoms with Crippen molar-refractivity contribution in [2.24, 2.45) is 5.92 Å². The molecule has 0 saturated carbocycles. The van der Waals surface area contributed by atoms with Crippen LogP contribution in [-0.2, 0) is 20.4 Å². The Morgan fingerprint density at radius 2 is 2.00 bits per heavy atom. The summed E-state index contributed by atoms with van der Waals surface area (Å²) in [6, 6.07) is 0. The van der Waals surface area contributed by atoms with E-state index in [2.05, 4.69) is 58.2 Å². The van der Waals surface area contributed by atoms with Crippen molar-refractivity contribution in [2.45, 2.75) is 40.3 Å². The molecule has 0 radical (unpaired) electrons. The van der Waals surface area contributed by atoms with Gasteiger partial charge in [-0.1, -0.05) is 0 Å². The molecule has 0 N–H and O–H groups in total. The quantitative estimate of drug-likeness (QED) is 0.654. The third-order valence-electron chi connectivity index (χ3n) is 3.81. The van der Waals surface area contributed by atoms with Gasteiger partial charge in [0.25, 0.3) is 0 Å². The monoisotopic (exact) mass is 320 g/mol. The molecule has 0 aromatic rings. The van der Waals surface area contributed by atoms with Crippen molar-refractivity contribution < 1.29 is 20.4 Å². The first kappa shape index (κ1) is 13.5. The second kappa shape index (κ2) is 5.36. The molecule has 0 bridgehead atoms. The average molecular weight is 322 g/mol. The van der Waals surface area contributed by atoms with E-state index in [9.17, 15) is 0 Å². The molecule has 0 amide bonds. The minimum absolute atomic E-state index is 0.130. The van der Waals surface area contributed by atoms with Crippen LogP contribution in [0.1, 0.15) is 27.2 Å². The van der Waals surface area contributed by atoms with Gasteiger partial charge in [0.2, 0.25) is 0 Å². The summed E-state index contributed by atoms with van der Waals surface area (Å²) in [5.41, 5.74) is 3.06. The van der Waals surface area contributed by atoms with Crippen LogP contribution in [-0.4, -0.2) is 5.43 Å². The fourth-order valence-corrected chi connectivity index (χ4v) is 21.4. The number of hydrogen-bond donors (Lipinski definition) is 0. The molecule has 2 aliphatic rings. The standard InChI is InChI=1S/C8H11.C5H5.C2H6Si.Zr/c1-6-4-7(2)8(3)5-6;1-2-4-5-3-1;1-3-2;/h4,6H,1-3H3;1-3H,4H2;1-2H3;. The van der Waals surface area contributed by atoms with E-state index in [4.69, 9.17) is 0 Å². The second-order valence-corrected chi connectivity index (χ2v) is 22.5. The molecule has 1 atom stereocenters. The minimum atomic E-state index is -1.49. The summed E-state index contributed by atoms with van der Waals surface area (Å²) in [4.78, 5) is 0. The molecule has 0 nitrogen and oxygen atoms in total. The van der Waals surface area contributed by atoms with Gasteiger partial charge in [0.15, 0.2) is 0 Å². The Hall–Kier alpha value is 0.0600. The Balaban J connectivity index is 2.48. The zero-order valence-electron chi connectivity index (χ0n) is 11.6. The zero-order valence-corrected chi connectivity index (χ0v) is 15.1. The van der Waals surface area contributed by atoms with Gasteiger partial charge < -0.3 is 0 Å². The Morgan fingerprint density at radius 1 is 1.29 bits per heavy atom. The maximum atomic E-state index is 2.54. The summed E-state index contributed by atoms with van der Waals surface area (Å²) in [6.07, 6.45) is 10.8. The molecule has 0 aromatic heterocycles. The molecule has 2 rings (SSSR count). The fraction of sp³-hybridized carbons (Fsp3) is 0.467. The number of rotatable bonds is 2. The molecule has 0 aliphatic heterocycles. The maximum absolute atomic E-state index is 2.54. The van der Waals surface area contributed by atoms with E-state index in [1.54, 1.807) is 11.1 Å². The van der Waals surface area contributed by atoms with Gasteiger partial charge in [-0.2, -0.15) is 0 Å². The summed E-state index contributed by atoms with van der Waals surface area (Å²) < 4.78 is 3.74. The van der Waals surface area contributed by atoms with Crippen LogP contribution in [0.25, 0.3) is 0 Å². The molecule has 0 aromatic carbocycles. The molecule has 2 aliphatic carbocycles. The molecule has 0 saturated heterocycles. The number of hydrogen-bond acceptors (Lipinski definition) is 0. The summed E-state index contributed by atoms with van der Waals surface area (Å²) >= 11 is -1.49. The van der Waals surface area contributed by atoms with Crippen LogP contribution in [0.2, 0.25) is 13.1 Å². The summed E-state index contributed by atoms with van der Waals surface area (Å²) in [5.74, 6) is 0.728. The first-order valence-electron chi connectivity index (χ1n) is 6.46. The predicted molar refractivity (Wildman–Crippen MR) is 74.9 cm³/mol. The molecule has 0 spiro atoms. The van der Waals surface area contributed by atoms with Crippen LogP contribution >= 0.6 is 0 Å². The van der Waals surface area contributed by atoms with E-state index in [1.165, 1.54) is 6.42 Å². The van der Waals surface area contributed by atoms with Gasteiger partial charge in [-0.05, 0) is 0 Å². The van der Waals surface area contributed by atoms with Crippen molar-refractivity contribution in [3.8, 4) is 0 Å². The first-order valence-corrected chi connectivity index (χ1v) is 15.1. The fourth-order valence-electron chi connectivity index (χ4n) is 2.95. The Morgan fingerprint density at radius 3 is 2.41 bits per heavy atom. The Kier molecular flexibility index (Phi) is 4.26. The zero-order chi connectivity index (χ0) is 12.6. The Labute approximate surface area is 113 Å². The van der Waals surface area contributed by atoms with Crippen LogP contribution in [0.5, 0.6) is 0 Å². The average Bonchev–Trinajstić information content (AvgIpc) is 2.83. The van der Waals surface area contributed by atoms with Crippen LogP contribution in [0.15, 0.2) is 42.0 Å². The van der Waals surface area contributed by atoms with Crippen LogP contribution < -0.4 is 0 Å². The topological polar surface area (TPSA) is 0 Å². The van der Waals surface area contributed by atoms with E-state index >= 15 is 0 Å². The third-order valence-corrected chi connectivity index (χ3v) is 21.5. The van der Waals surface area contributed by atoms with Crippen molar-refractivity contribution in [1.29, 1.82) is 0 Å². The van der Waals surface area contributed by atoms with Crippen LogP contribution in [0.3, 0.4) is 0 Å². The van der Waals surface area contributed by atoms with Gasteiger partial charge in [-0.25, -0.2) is 0 Å². The van der Waals surface area contributed by atoms with Crippen LogP contribution in [0, 0.1) is 5.92 Å². The van der Waals surface area contributed by atoms with Gasteiger partial charge in [0.05, 0.1) is 0 Å². The van der Waals surface area contributed by atoms with Gasteiger partial charge >= 0.3 is 114 Å². The molecular formula is C15H22SiZr. The molecular weight excluding hydrogens is 299 g/mol. The van der Waals surface area contributed by atoms with Gasteiger partial charge in [0.1, 0.15) is 0 Å². The molecule has 2 heteroatoms. The molecule has 0 fully saturated rings. The van der Waals surface area contributed by atoms with Crippen molar-refractivity contribution in [2.75, 3.05) is 0 Å². The summed E-state index contributed by atoms with van der Waals surface area (Å²) in [5, 5.41) is 0. The van der Waals surface area contributed by atoms with Gasteiger partial charge in [-0.3, -0.25) is 0 Å². The molecule has 90 valence electrons. The predicted octanol–water partition coefficient (Wildman–Crippen LogP) is 4.57. The van der Waals surface area contributed by atoms with Crippen molar-refractivity contribution in [3.05, 3.63) is 42.0 Å². The molecule has 17 heavy (non-hydrogen) atoms. The Bertz CT molecular complexity index is 497. The second-order valence-electron chi connectivity index (χ2n) is 5.38. The SMILES string of the molecule is CC1=CC(C)[C]([Zr]([C]2=CC=CC2)=[Si](C)C)=C1C. The third kappa shape index (κ3) is 2.58. The summed E-state index contributed by atoms with van der Waals surface area (Å²) in [6.45, 7) is 12.1. The van der Waals surface area contributed by atoms with Crippen molar-refractivity contribution in [1.82, 2.24) is 0 Å². The van der Waals surface area contributed by atoms with E-state index in [1.807, 2.05) is 6.56 Å². The van der Waals surface area contributed by atoms with E-state index < -0.39 is 20.4 Å². The van der Waals surface area contributed by atoms with Gasteiger partial charge in [-0.15, -0.1) is 0 Å². The van der Waals surface area contributed by atoms with Crippen molar-refractivity contribution in [3.63, 3.8) is 0 Å². The van der Waals surface area contributed by atoms with Crippen LogP contribution in [0.4, 0.5) is 0 Å². The molecule has 1 unspecified atom stereocenters. The normalized spacial score (nSPS) is 23.0. The van der Waals surface area contributed by atoms with E-state index in [0.29, 0.717) is 0 Å². The van der Waals surface area contributed by atoms with E-state index in [-0.39, 0.29) is 5.43 Å². The summed E-state index contributed by atoms with van der Waals surface area (Å²) in [7, 11) is 0. The first-order chi connectivity index (χ1) is 8.02. The molecule has 0 heterocycles. The number of allylic oxidation sites excluding steroid dienone is 8.